The molecule has 0 fully saturated rings. The van der Waals surface area contributed by atoms with Crippen molar-refractivity contribution >= 4 is 5.69 Å². The maximum Gasteiger partial charge on any atom is 0.407 e. The highest BCUT2D eigenvalue weighted by Crippen LogP contribution is 2.38. The molecule has 0 amide bonds. The fraction of sp³-hybridized carbons (Fsp3) is 0.417. The van der Waals surface area contributed by atoms with Crippen LogP contribution in [0.15, 0.2) is 18.2 Å². The molecule has 0 bridgehead atoms. The fourth-order valence-corrected chi connectivity index (χ4v) is 1.33. The van der Waals surface area contributed by atoms with E-state index in [-0.39, 0.29) is 11.1 Å². The maximum absolute atomic E-state index is 12.7. The summed E-state index contributed by atoms with van der Waals surface area (Å²) < 4.78 is 38.0. The van der Waals surface area contributed by atoms with Gasteiger partial charge in [0.15, 0.2) is 5.69 Å². The van der Waals surface area contributed by atoms with Crippen LogP contribution in [0.25, 0.3) is 4.85 Å². The van der Waals surface area contributed by atoms with Crippen LogP contribution in [-0.4, -0.2) is 0 Å². The van der Waals surface area contributed by atoms with Crippen LogP contribution in [0, 0.1) is 6.57 Å². The van der Waals surface area contributed by atoms with E-state index >= 15 is 0 Å². The van der Waals surface area contributed by atoms with Gasteiger partial charge in [-0.25, -0.2) is 4.85 Å². The Morgan fingerprint density at radius 3 is 2.06 bits per heavy atom. The summed E-state index contributed by atoms with van der Waals surface area (Å²) in [6, 6.07) is 3.87. The lowest BCUT2D eigenvalue weighted by Crippen LogP contribution is -2.13. The number of alkyl halides is 3. The lowest BCUT2D eigenvalue weighted by atomic mass is 9.86. The van der Waals surface area contributed by atoms with E-state index in [0.29, 0.717) is 5.56 Å². The van der Waals surface area contributed by atoms with Crippen LogP contribution in [-0.2, 0) is 11.6 Å². The number of nitrogens with zero attached hydrogens (tertiary/aromatic N) is 1. The number of hydrogen-bond donors (Lipinski definition) is 0. The van der Waals surface area contributed by atoms with Gasteiger partial charge in [-0.3, -0.25) is 0 Å². The van der Waals surface area contributed by atoms with Gasteiger partial charge in [0, 0.05) is 0 Å². The van der Waals surface area contributed by atoms with Crippen LogP contribution in [0.2, 0.25) is 0 Å². The minimum Gasteiger partial charge on any atom is -0.238 e. The summed E-state index contributed by atoms with van der Waals surface area (Å²) in [6.07, 6.45) is -4.47. The minimum absolute atomic E-state index is 0.347. The number of benzene rings is 1. The Labute approximate surface area is 92.7 Å². The van der Waals surface area contributed by atoms with E-state index in [2.05, 4.69) is 4.85 Å². The summed E-state index contributed by atoms with van der Waals surface area (Å²) in [5.74, 6) is 0. The first-order chi connectivity index (χ1) is 7.16. The van der Waals surface area contributed by atoms with Crippen LogP contribution >= 0.6 is 0 Å². The lowest BCUT2D eigenvalue weighted by molar-refractivity contribution is -0.136. The molecular weight excluding hydrogens is 215 g/mol. The van der Waals surface area contributed by atoms with Crippen molar-refractivity contribution in [1.82, 2.24) is 0 Å². The molecule has 0 spiro atoms. The topological polar surface area (TPSA) is 4.36 Å². The van der Waals surface area contributed by atoms with Gasteiger partial charge < -0.3 is 0 Å². The van der Waals surface area contributed by atoms with E-state index in [1.54, 1.807) is 6.07 Å². The Balaban J connectivity index is 3.41. The smallest absolute Gasteiger partial charge is 0.238 e. The Hall–Kier alpha value is -1.50. The third kappa shape index (κ3) is 2.54. The van der Waals surface area contributed by atoms with E-state index in [1.807, 2.05) is 20.8 Å². The summed E-state index contributed by atoms with van der Waals surface area (Å²) in [4.78, 5) is 2.89. The van der Waals surface area contributed by atoms with Crippen molar-refractivity contribution < 1.29 is 13.2 Å². The molecule has 16 heavy (non-hydrogen) atoms. The molecular formula is C12H12F3N. The summed E-state index contributed by atoms with van der Waals surface area (Å²) in [7, 11) is 0. The number of rotatable bonds is 0. The molecule has 0 N–H and O–H groups in total. The van der Waals surface area contributed by atoms with Crippen molar-refractivity contribution in [2.75, 3.05) is 0 Å². The molecule has 0 atom stereocenters. The molecule has 0 aliphatic heterocycles. The van der Waals surface area contributed by atoms with Crippen molar-refractivity contribution in [1.29, 1.82) is 0 Å². The molecule has 0 aliphatic carbocycles. The van der Waals surface area contributed by atoms with Crippen molar-refractivity contribution in [3.63, 3.8) is 0 Å². The first kappa shape index (κ1) is 12.6. The molecule has 1 aromatic rings. The second-order valence-corrected chi connectivity index (χ2v) is 4.59. The van der Waals surface area contributed by atoms with Crippen LogP contribution in [0.5, 0.6) is 0 Å². The van der Waals surface area contributed by atoms with Crippen LogP contribution in [0.3, 0.4) is 0 Å². The molecule has 0 radical (unpaired) electrons. The highest BCUT2D eigenvalue weighted by atomic mass is 19.4. The predicted octanol–water partition coefficient (Wildman–Crippen LogP) is 4.55. The summed E-state index contributed by atoms with van der Waals surface area (Å²) in [5, 5.41) is 0. The van der Waals surface area contributed by atoms with Gasteiger partial charge in [-0.15, -0.1) is 0 Å². The fourth-order valence-electron chi connectivity index (χ4n) is 1.33. The van der Waals surface area contributed by atoms with Gasteiger partial charge in [0.05, 0.1) is 12.1 Å². The molecule has 0 saturated carbocycles. The SMILES string of the molecule is [C-]#[N+]c1ccc(C(C)(C)C)cc1C(F)(F)F. The minimum atomic E-state index is -4.47. The third-order valence-corrected chi connectivity index (χ3v) is 2.29. The first-order valence-electron chi connectivity index (χ1n) is 4.75. The summed E-state index contributed by atoms with van der Waals surface area (Å²) >= 11 is 0. The normalized spacial score (nSPS) is 12.3. The second-order valence-electron chi connectivity index (χ2n) is 4.59. The zero-order valence-electron chi connectivity index (χ0n) is 9.31. The van der Waals surface area contributed by atoms with E-state index in [1.165, 1.54) is 6.07 Å². The second kappa shape index (κ2) is 3.82. The van der Waals surface area contributed by atoms with Crippen molar-refractivity contribution in [2.24, 2.45) is 0 Å². The van der Waals surface area contributed by atoms with Gasteiger partial charge in [0.1, 0.15) is 0 Å². The van der Waals surface area contributed by atoms with Gasteiger partial charge in [-0.05, 0) is 11.0 Å². The molecule has 1 rings (SSSR count). The van der Waals surface area contributed by atoms with Crippen molar-refractivity contribution in [3.05, 3.63) is 40.7 Å². The average molecular weight is 227 g/mol. The van der Waals surface area contributed by atoms with Gasteiger partial charge in [-0.1, -0.05) is 39.0 Å². The predicted molar refractivity (Wildman–Crippen MR) is 56.4 cm³/mol. The van der Waals surface area contributed by atoms with Crippen molar-refractivity contribution in [3.8, 4) is 0 Å². The maximum atomic E-state index is 12.7. The van der Waals surface area contributed by atoms with Crippen molar-refractivity contribution in [2.45, 2.75) is 32.4 Å². The Kier molecular flexibility index (Phi) is 3.00. The summed E-state index contributed by atoms with van der Waals surface area (Å²) in [6.45, 7) is 12.2. The van der Waals surface area contributed by atoms with Crippen LogP contribution in [0.4, 0.5) is 18.9 Å². The molecule has 0 saturated heterocycles. The van der Waals surface area contributed by atoms with E-state index in [4.69, 9.17) is 6.57 Å². The zero-order valence-corrected chi connectivity index (χ0v) is 9.31. The highest BCUT2D eigenvalue weighted by Gasteiger charge is 2.34. The molecule has 86 valence electrons. The lowest BCUT2D eigenvalue weighted by Gasteiger charge is -2.21. The first-order valence-corrected chi connectivity index (χ1v) is 4.75. The molecule has 1 nitrogen and oxygen atoms in total. The van der Waals surface area contributed by atoms with Gasteiger partial charge in [-0.2, -0.15) is 13.2 Å². The molecule has 0 heterocycles. The Bertz CT molecular complexity index is 433. The average Bonchev–Trinajstić information content (AvgIpc) is 2.14. The number of hydrogen-bond acceptors (Lipinski definition) is 0. The van der Waals surface area contributed by atoms with Gasteiger partial charge in [0.25, 0.3) is 0 Å². The van der Waals surface area contributed by atoms with Crippen LogP contribution < -0.4 is 0 Å². The molecule has 1 aromatic carbocycles. The Morgan fingerprint density at radius 1 is 1.12 bits per heavy atom. The summed E-state index contributed by atoms with van der Waals surface area (Å²) in [5.41, 5.74) is -0.983. The van der Waals surface area contributed by atoms with E-state index in [0.717, 1.165) is 6.07 Å². The number of halogens is 3. The quantitative estimate of drug-likeness (QED) is 0.572. The van der Waals surface area contributed by atoms with E-state index in [9.17, 15) is 13.2 Å². The Morgan fingerprint density at radius 2 is 1.69 bits per heavy atom. The van der Waals surface area contributed by atoms with E-state index < -0.39 is 11.7 Å². The monoisotopic (exact) mass is 227 g/mol. The molecule has 0 aromatic heterocycles. The standard InChI is InChI=1S/C12H12F3N/c1-11(2,3)8-5-6-10(16-4)9(7-8)12(13,14)15/h5-7H,1-3H3. The molecule has 4 heteroatoms. The zero-order chi connectivity index (χ0) is 12.6. The molecule has 0 unspecified atom stereocenters. The van der Waals surface area contributed by atoms with Gasteiger partial charge >= 0.3 is 6.18 Å². The molecule has 0 aliphatic rings. The highest BCUT2D eigenvalue weighted by molar-refractivity contribution is 5.55. The largest absolute Gasteiger partial charge is 0.407 e. The van der Waals surface area contributed by atoms with Gasteiger partial charge in [0.2, 0.25) is 0 Å². The van der Waals surface area contributed by atoms with Crippen LogP contribution in [0.1, 0.15) is 31.9 Å². The third-order valence-electron chi connectivity index (χ3n) is 2.29.